The average Bonchev–Trinajstić information content (AvgIpc) is 2.05. The number of ketones is 1. The summed E-state index contributed by atoms with van der Waals surface area (Å²) in [5.41, 5.74) is 1.87. The van der Waals surface area contributed by atoms with Crippen molar-refractivity contribution in [1.29, 1.82) is 0 Å². The van der Waals surface area contributed by atoms with Gasteiger partial charge in [0.1, 0.15) is 0 Å². The van der Waals surface area contributed by atoms with Crippen LogP contribution in [-0.4, -0.2) is 5.78 Å². The zero-order valence-electron chi connectivity index (χ0n) is 7.37. The summed E-state index contributed by atoms with van der Waals surface area (Å²) in [7, 11) is 0. The third-order valence-electron chi connectivity index (χ3n) is 1.62. The Balaban J connectivity index is 2.96. The Hall–Kier alpha value is -1.37. The van der Waals surface area contributed by atoms with Gasteiger partial charge in [0, 0.05) is 5.56 Å². The normalized spacial score (nSPS) is 10.5. The van der Waals surface area contributed by atoms with Crippen molar-refractivity contribution in [1.82, 2.24) is 0 Å². The van der Waals surface area contributed by atoms with Gasteiger partial charge in [0.15, 0.2) is 5.78 Å². The molecule has 1 rings (SSSR count). The Bertz CT molecular complexity index is 311. The van der Waals surface area contributed by atoms with E-state index in [-0.39, 0.29) is 5.78 Å². The van der Waals surface area contributed by atoms with Crippen molar-refractivity contribution in [2.45, 2.75) is 13.8 Å². The quantitative estimate of drug-likeness (QED) is 0.480. The van der Waals surface area contributed by atoms with Crippen LogP contribution >= 0.6 is 0 Å². The molecule has 0 aromatic heterocycles. The van der Waals surface area contributed by atoms with Crippen LogP contribution in [0.5, 0.6) is 0 Å². The maximum absolute atomic E-state index is 11.3. The third kappa shape index (κ3) is 2.06. The highest BCUT2D eigenvalue weighted by atomic mass is 16.1. The second-order valence-electron chi connectivity index (χ2n) is 2.73. The first kappa shape index (κ1) is 8.72. The summed E-state index contributed by atoms with van der Waals surface area (Å²) in [6, 6.07) is 7.59. The van der Waals surface area contributed by atoms with E-state index in [2.05, 4.69) is 0 Å². The zero-order valence-corrected chi connectivity index (χ0v) is 7.37. The molecule has 0 aliphatic heterocycles. The highest BCUT2D eigenvalue weighted by Crippen LogP contribution is 2.05. The largest absolute Gasteiger partial charge is 0.289 e. The smallest absolute Gasteiger partial charge is 0.185 e. The van der Waals surface area contributed by atoms with Gasteiger partial charge < -0.3 is 0 Å². The lowest BCUT2D eigenvalue weighted by molar-refractivity contribution is 0.104. The summed E-state index contributed by atoms with van der Waals surface area (Å²) in [5, 5.41) is 0. The molecule has 0 spiro atoms. The molecule has 0 N–H and O–H groups in total. The molecule has 0 unspecified atom stereocenters. The standard InChI is InChI=1S/C11H12O/c1-3-5-11(12)10-7-4-6-9(2)8-10/h3-8H,1-2H3/b5-3+. The van der Waals surface area contributed by atoms with E-state index in [4.69, 9.17) is 0 Å². The molecule has 0 aliphatic rings. The molecule has 62 valence electrons. The Labute approximate surface area is 72.7 Å². The molecule has 1 heteroatoms. The van der Waals surface area contributed by atoms with Crippen molar-refractivity contribution in [2.24, 2.45) is 0 Å². The summed E-state index contributed by atoms with van der Waals surface area (Å²) in [4.78, 5) is 11.3. The molecular weight excluding hydrogens is 148 g/mol. The topological polar surface area (TPSA) is 17.1 Å². The van der Waals surface area contributed by atoms with E-state index in [9.17, 15) is 4.79 Å². The second-order valence-corrected chi connectivity index (χ2v) is 2.73. The number of benzene rings is 1. The fraction of sp³-hybridized carbons (Fsp3) is 0.182. The molecule has 0 bridgehead atoms. The average molecular weight is 160 g/mol. The molecule has 0 amide bonds. The first-order valence-electron chi connectivity index (χ1n) is 3.97. The van der Waals surface area contributed by atoms with E-state index < -0.39 is 0 Å². The van der Waals surface area contributed by atoms with E-state index >= 15 is 0 Å². The maximum atomic E-state index is 11.3. The molecule has 0 fully saturated rings. The second kappa shape index (κ2) is 3.86. The van der Waals surface area contributed by atoms with Crippen LogP contribution in [0.3, 0.4) is 0 Å². The van der Waals surface area contributed by atoms with Crippen LogP contribution in [0, 0.1) is 6.92 Å². The zero-order chi connectivity index (χ0) is 8.97. The molecule has 0 saturated heterocycles. The third-order valence-corrected chi connectivity index (χ3v) is 1.62. The molecule has 1 aromatic carbocycles. The number of carbonyl (C=O) groups is 1. The molecule has 0 heterocycles. The predicted molar refractivity (Wildman–Crippen MR) is 50.3 cm³/mol. The Morgan fingerprint density at radius 1 is 1.42 bits per heavy atom. The van der Waals surface area contributed by atoms with Gasteiger partial charge in [-0.25, -0.2) is 0 Å². The molecule has 0 radical (unpaired) electrons. The van der Waals surface area contributed by atoms with Gasteiger partial charge in [-0.2, -0.15) is 0 Å². The van der Waals surface area contributed by atoms with Crippen LogP contribution in [0.15, 0.2) is 36.4 Å². The summed E-state index contributed by atoms with van der Waals surface area (Å²) >= 11 is 0. The minimum atomic E-state index is 0.0706. The summed E-state index contributed by atoms with van der Waals surface area (Å²) in [6.07, 6.45) is 3.33. The lowest BCUT2D eigenvalue weighted by atomic mass is 10.1. The SMILES string of the molecule is C/C=C/C(=O)c1cccc(C)c1. The molecule has 12 heavy (non-hydrogen) atoms. The number of rotatable bonds is 2. The lowest BCUT2D eigenvalue weighted by Gasteiger charge is -1.96. The minimum Gasteiger partial charge on any atom is -0.289 e. The van der Waals surface area contributed by atoms with E-state index in [0.29, 0.717) is 0 Å². The number of aryl methyl sites for hydroxylation is 1. The fourth-order valence-electron chi connectivity index (χ4n) is 1.05. The van der Waals surface area contributed by atoms with Crippen molar-refractivity contribution in [3.05, 3.63) is 47.5 Å². The molecule has 0 saturated carbocycles. The summed E-state index contributed by atoms with van der Waals surface area (Å²) in [6.45, 7) is 3.82. The molecule has 1 aromatic rings. The Kier molecular flexibility index (Phi) is 2.81. The van der Waals surface area contributed by atoms with E-state index in [0.717, 1.165) is 11.1 Å². The van der Waals surface area contributed by atoms with Crippen LogP contribution in [0.1, 0.15) is 22.8 Å². The van der Waals surface area contributed by atoms with Crippen LogP contribution in [-0.2, 0) is 0 Å². The van der Waals surface area contributed by atoms with Gasteiger partial charge in [-0.3, -0.25) is 4.79 Å². The van der Waals surface area contributed by atoms with Crippen molar-refractivity contribution >= 4 is 5.78 Å². The van der Waals surface area contributed by atoms with Crippen LogP contribution in [0.4, 0.5) is 0 Å². The monoisotopic (exact) mass is 160 g/mol. The number of carbonyl (C=O) groups excluding carboxylic acids is 1. The number of hydrogen-bond acceptors (Lipinski definition) is 1. The van der Waals surface area contributed by atoms with Gasteiger partial charge in [-0.1, -0.05) is 29.8 Å². The predicted octanol–water partition coefficient (Wildman–Crippen LogP) is 2.75. The van der Waals surface area contributed by atoms with Crippen LogP contribution < -0.4 is 0 Å². The van der Waals surface area contributed by atoms with Crippen LogP contribution in [0.25, 0.3) is 0 Å². The van der Waals surface area contributed by atoms with Crippen LogP contribution in [0.2, 0.25) is 0 Å². The summed E-state index contributed by atoms with van der Waals surface area (Å²) in [5.74, 6) is 0.0706. The van der Waals surface area contributed by atoms with Crippen molar-refractivity contribution in [3.8, 4) is 0 Å². The Morgan fingerprint density at radius 3 is 2.75 bits per heavy atom. The van der Waals surface area contributed by atoms with Gasteiger partial charge >= 0.3 is 0 Å². The van der Waals surface area contributed by atoms with Crippen molar-refractivity contribution in [3.63, 3.8) is 0 Å². The molecule has 1 nitrogen and oxygen atoms in total. The number of hydrogen-bond donors (Lipinski definition) is 0. The maximum Gasteiger partial charge on any atom is 0.185 e. The van der Waals surface area contributed by atoms with E-state index in [1.54, 1.807) is 12.2 Å². The highest BCUT2D eigenvalue weighted by molar-refractivity contribution is 6.04. The van der Waals surface area contributed by atoms with Crippen molar-refractivity contribution < 1.29 is 4.79 Å². The first-order valence-corrected chi connectivity index (χ1v) is 3.97. The lowest BCUT2D eigenvalue weighted by Crippen LogP contribution is -1.93. The van der Waals surface area contributed by atoms with Gasteiger partial charge in [0.25, 0.3) is 0 Å². The van der Waals surface area contributed by atoms with Gasteiger partial charge in [-0.05, 0) is 26.0 Å². The summed E-state index contributed by atoms with van der Waals surface area (Å²) < 4.78 is 0. The molecule has 0 atom stereocenters. The van der Waals surface area contributed by atoms with E-state index in [1.807, 2.05) is 38.1 Å². The fourth-order valence-corrected chi connectivity index (χ4v) is 1.05. The van der Waals surface area contributed by atoms with Gasteiger partial charge in [0.2, 0.25) is 0 Å². The molecular formula is C11H12O. The minimum absolute atomic E-state index is 0.0706. The van der Waals surface area contributed by atoms with E-state index in [1.165, 1.54) is 0 Å². The number of allylic oxidation sites excluding steroid dienone is 2. The first-order chi connectivity index (χ1) is 5.74. The highest BCUT2D eigenvalue weighted by Gasteiger charge is 1.99. The molecule has 0 aliphatic carbocycles. The van der Waals surface area contributed by atoms with Crippen molar-refractivity contribution in [2.75, 3.05) is 0 Å². The Morgan fingerprint density at radius 2 is 2.17 bits per heavy atom. The van der Waals surface area contributed by atoms with Gasteiger partial charge in [0.05, 0.1) is 0 Å². The van der Waals surface area contributed by atoms with Gasteiger partial charge in [-0.15, -0.1) is 0 Å².